The molecule has 0 atom stereocenters. The van der Waals surface area contributed by atoms with Crippen molar-refractivity contribution in [3.63, 3.8) is 0 Å². The predicted octanol–water partition coefficient (Wildman–Crippen LogP) is 2.76. The van der Waals surface area contributed by atoms with Gasteiger partial charge in [-0.15, -0.1) is 35.3 Å². The van der Waals surface area contributed by atoms with Gasteiger partial charge in [0.05, 0.1) is 23.9 Å². The molecule has 2 N–H and O–H groups in total. The summed E-state index contributed by atoms with van der Waals surface area (Å²) in [5, 5.41) is 9.67. The Morgan fingerprint density at radius 3 is 2.62 bits per heavy atom. The van der Waals surface area contributed by atoms with Crippen LogP contribution in [0.15, 0.2) is 10.4 Å². The molecule has 0 aliphatic rings. The van der Waals surface area contributed by atoms with Crippen molar-refractivity contribution in [3.05, 3.63) is 16.1 Å². The van der Waals surface area contributed by atoms with Crippen LogP contribution in [-0.4, -0.2) is 37.7 Å². The second-order valence-electron chi connectivity index (χ2n) is 5.51. The molecule has 1 rings (SSSR count). The summed E-state index contributed by atoms with van der Waals surface area (Å²) >= 11 is 1.70. The van der Waals surface area contributed by atoms with E-state index < -0.39 is 0 Å². The normalized spacial score (nSPS) is 12.0. The summed E-state index contributed by atoms with van der Waals surface area (Å²) in [5.74, 6) is 0.801. The Labute approximate surface area is 149 Å². The molecule has 0 unspecified atom stereocenters. The number of nitrogens with zero attached hydrogens (tertiary/aromatic N) is 2. The van der Waals surface area contributed by atoms with E-state index in [1.54, 1.807) is 18.4 Å². The Morgan fingerprint density at radius 2 is 2.10 bits per heavy atom. The molecule has 0 bridgehead atoms. The lowest BCUT2D eigenvalue weighted by Crippen LogP contribution is -2.38. The molecule has 0 saturated carbocycles. The predicted molar refractivity (Wildman–Crippen MR) is 101 cm³/mol. The Kier molecular flexibility index (Phi) is 10.1. The SMILES string of the molecule is CCNC(=NCc1csc(C(C)(C)C)n1)NCCOC.I. The van der Waals surface area contributed by atoms with Crippen molar-refractivity contribution in [3.8, 4) is 0 Å². The van der Waals surface area contributed by atoms with Crippen molar-refractivity contribution in [2.45, 2.75) is 39.7 Å². The van der Waals surface area contributed by atoms with Crippen LogP contribution in [0, 0.1) is 0 Å². The van der Waals surface area contributed by atoms with Crippen LogP contribution in [0.4, 0.5) is 0 Å². The number of halogens is 1. The second kappa shape index (κ2) is 10.3. The van der Waals surface area contributed by atoms with Gasteiger partial charge < -0.3 is 15.4 Å². The van der Waals surface area contributed by atoms with Crippen LogP contribution in [0.5, 0.6) is 0 Å². The van der Waals surface area contributed by atoms with Crippen LogP contribution in [0.2, 0.25) is 0 Å². The highest BCUT2D eigenvalue weighted by Crippen LogP contribution is 2.25. The average Bonchev–Trinajstić information content (AvgIpc) is 2.85. The number of aromatic nitrogens is 1. The van der Waals surface area contributed by atoms with Gasteiger partial charge in [0.15, 0.2) is 5.96 Å². The summed E-state index contributed by atoms with van der Waals surface area (Å²) in [6.45, 7) is 11.4. The summed E-state index contributed by atoms with van der Waals surface area (Å²) in [6.07, 6.45) is 0. The minimum absolute atomic E-state index is 0. The van der Waals surface area contributed by atoms with Gasteiger partial charge in [-0.3, -0.25) is 0 Å². The second-order valence-corrected chi connectivity index (χ2v) is 6.37. The number of aliphatic imine (C=N–C) groups is 1. The Morgan fingerprint density at radius 1 is 1.38 bits per heavy atom. The van der Waals surface area contributed by atoms with Crippen LogP contribution in [0.25, 0.3) is 0 Å². The fourth-order valence-electron chi connectivity index (χ4n) is 1.50. The number of hydrogen-bond acceptors (Lipinski definition) is 4. The molecule has 0 aliphatic heterocycles. The zero-order valence-electron chi connectivity index (χ0n) is 13.5. The van der Waals surface area contributed by atoms with Gasteiger partial charge in [-0.25, -0.2) is 9.98 Å². The minimum atomic E-state index is 0. The van der Waals surface area contributed by atoms with Crippen molar-refractivity contribution in [1.82, 2.24) is 15.6 Å². The number of hydrogen-bond donors (Lipinski definition) is 2. The van der Waals surface area contributed by atoms with Crippen molar-refractivity contribution >= 4 is 41.3 Å². The summed E-state index contributed by atoms with van der Waals surface area (Å²) in [4.78, 5) is 9.18. The maximum atomic E-state index is 5.02. The van der Waals surface area contributed by atoms with E-state index in [2.05, 4.69) is 46.8 Å². The quantitative estimate of drug-likeness (QED) is 0.318. The molecule has 0 aliphatic carbocycles. The van der Waals surface area contributed by atoms with E-state index in [9.17, 15) is 0 Å². The molecule has 0 saturated heterocycles. The molecule has 0 fully saturated rings. The number of rotatable bonds is 6. The zero-order chi connectivity index (χ0) is 15.0. The van der Waals surface area contributed by atoms with E-state index in [1.165, 1.54) is 0 Å². The van der Waals surface area contributed by atoms with Crippen LogP contribution in [0.1, 0.15) is 38.4 Å². The minimum Gasteiger partial charge on any atom is -0.383 e. The number of methoxy groups -OCH3 is 1. The Hall–Kier alpha value is -0.410. The highest BCUT2D eigenvalue weighted by Gasteiger charge is 2.17. The highest BCUT2D eigenvalue weighted by atomic mass is 127. The molecule has 1 heterocycles. The molecule has 0 aromatic carbocycles. The van der Waals surface area contributed by atoms with E-state index in [0.717, 1.165) is 29.8 Å². The van der Waals surface area contributed by atoms with Gasteiger partial charge in [0, 0.05) is 31.0 Å². The van der Waals surface area contributed by atoms with E-state index in [-0.39, 0.29) is 29.4 Å². The smallest absolute Gasteiger partial charge is 0.191 e. The van der Waals surface area contributed by atoms with Gasteiger partial charge in [-0.1, -0.05) is 20.8 Å². The standard InChI is InChI=1S/C14H26N4OS.HI/c1-6-15-13(16-7-8-19-5)17-9-11-10-20-12(18-11)14(2,3)4;/h10H,6-9H2,1-5H3,(H2,15,16,17);1H. The first-order valence-electron chi connectivity index (χ1n) is 6.93. The topological polar surface area (TPSA) is 58.5 Å². The molecule has 0 spiro atoms. The molecular formula is C14H27IN4OS. The van der Waals surface area contributed by atoms with Gasteiger partial charge in [0.25, 0.3) is 0 Å². The molecule has 7 heteroatoms. The van der Waals surface area contributed by atoms with Gasteiger partial charge in [0.2, 0.25) is 0 Å². The first-order chi connectivity index (χ1) is 9.47. The van der Waals surface area contributed by atoms with E-state index in [1.807, 2.05) is 6.92 Å². The number of guanidine groups is 1. The van der Waals surface area contributed by atoms with Crippen molar-refractivity contribution in [2.24, 2.45) is 4.99 Å². The van der Waals surface area contributed by atoms with Crippen LogP contribution < -0.4 is 10.6 Å². The monoisotopic (exact) mass is 426 g/mol. The molecule has 21 heavy (non-hydrogen) atoms. The number of ether oxygens (including phenoxy) is 1. The summed E-state index contributed by atoms with van der Waals surface area (Å²) < 4.78 is 5.02. The van der Waals surface area contributed by atoms with Crippen LogP contribution in [-0.2, 0) is 16.7 Å². The van der Waals surface area contributed by atoms with E-state index >= 15 is 0 Å². The Balaban J connectivity index is 0.00000400. The third-order valence-electron chi connectivity index (χ3n) is 2.54. The third kappa shape index (κ3) is 7.96. The zero-order valence-corrected chi connectivity index (χ0v) is 16.7. The van der Waals surface area contributed by atoms with Crippen molar-refractivity contribution < 1.29 is 4.74 Å². The molecule has 5 nitrogen and oxygen atoms in total. The molecular weight excluding hydrogens is 399 g/mol. The van der Waals surface area contributed by atoms with Crippen molar-refractivity contribution in [1.29, 1.82) is 0 Å². The Bertz CT molecular complexity index is 429. The maximum Gasteiger partial charge on any atom is 0.191 e. The van der Waals surface area contributed by atoms with Gasteiger partial charge >= 0.3 is 0 Å². The van der Waals surface area contributed by atoms with Gasteiger partial charge in [0.1, 0.15) is 0 Å². The third-order valence-corrected chi connectivity index (χ3v) is 3.85. The number of thiazole rings is 1. The molecule has 0 amide bonds. The van der Waals surface area contributed by atoms with Gasteiger partial charge in [-0.05, 0) is 6.92 Å². The maximum absolute atomic E-state index is 5.02. The average molecular weight is 426 g/mol. The highest BCUT2D eigenvalue weighted by molar-refractivity contribution is 14.0. The molecule has 1 aromatic rings. The van der Waals surface area contributed by atoms with Crippen LogP contribution >= 0.6 is 35.3 Å². The first-order valence-corrected chi connectivity index (χ1v) is 7.81. The first kappa shape index (κ1) is 20.6. The van der Waals surface area contributed by atoms with Crippen molar-refractivity contribution in [2.75, 3.05) is 26.8 Å². The molecule has 1 aromatic heterocycles. The fourth-order valence-corrected chi connectivity index (χ4v) is 2.40. The lowest BCUT2D eigenvalue weighted by atomic mass is 9.98. The van der Waals surface area contributed by atoms with Crippen LogP contribution in [0.3, 0.4) is 0 Å². The molecule has 0 radical (unpaired) electrons. The van der Waals surface area contributed by atoms with E-state index in [4.69, 9.17) is 4.74 Å². The summed E-state index contributed by atoms with van der Waals surface area (Å²) in [7, 11) is 1.69. The van der Waals surface area contributed by atoms with Gasteiger partial charge in [-0.2, -0.15) is 0 Å². The number of nitrogens with one attached hydrogen (secondary N) is 2. The lowest BCUT2D eigenvalue weighted by Gasteiger charge is -2.13. The van der Waals surface area contributed by atoms with E-state index in [0.29, 0.717) is 13.2 Å². The largest absolute Gasteiger partial charge is 0.383 e. The summed E-state index contributed by atoms with van der Waals surface area (Å²) in [6, 6.07) is 0. The molecule has 122 valence electrons. The fraction of sp³-hybridized carbons (Fsp3) is 0.714. The summed E-state index contributed by atoms with van der Waals surface area (Å²) in [5.41, 5.74) is 1.12. The lowest BCUT2D eigenvalue weighted by molar-refractivity contribution is 0.203.